The number of hydrogen-bond acceptors (Lipinski definition) is 3. The fourth-order valence-corrected chi connectivity index (χ4v) is 2.92. The molecule has 1 aliphatic heterocycles. The van der Waals surface area contributed by atoms with Crippen molar-refractivity contribution in [2.24, 2.45) is 7.05 Å². The third-order valence-corrected chi connectivity index (χ3v) is 4.36. The lowest BCUT2D eigenvalue weighted by molar-refractivity contribution is 0.0950. The number of nitrogens with zero attached hydrogens (tertiary/aromatic N) is 3. The van der Waals surface area contributed by atoms with E-state index < -0.39 is 0 Å². The molecule has 0 saturated carbocycles. The fraction of sp³-hybridized carbons (Fsp3) is 0.412. The lowest BCUT2D eigenvalue weighted by Crippen LogP contribution is -2.26. The highest BCUT2D eigenvalue weighted by Crippen LogP contribution is 2.24. The van der Waals surface area contributed by atoms with Crippen molar-refractivity contribution < 1.29 is 4.79 Å². The maximum atomic E-state index is 12.3. The van der Waals surface area contributed by atoms with E-state index in [0.717, 1.165) is 18.8 Å². The van der Waals surface area contributed by atoms with Crippen molar-refractivity contribution in [2.75, 3.05) is 18.0 Å². The predicted octanol–water partition coefficient (Wildman–Crippen LogP) is 2.26. The van der Waals surface area contributed by atoms with Gasteiger partial charge in [-0.1, -0.05) is 18.2 Å². The van der Waals surface area contributed by atoms with Crippen LogP contribution in [0.25, 0.3) is 0 Å². The van der Waals surface area contributed by atoms with Crippen LogP contribution in [0.1, 0.15) is 34.5 Å². The maximum absolute atomic E-state index is 12.3. The number of carbonyl (C=O) groups excluding carboxylic acids is 1. The van der Waals surface area contributed by atoms with Gasteiger partial charge in [0.25, 0.3) is 5.91 Å². The molecular formula is C17H22N4O. The topological polar surface area (TPSA) is 50.2 Å². The largest absolute Gasteiger partial charge is 0.371 e. The Morgan fingerprint density at radius 1 is 1.27 bits per heavy atom. The first-order chi connectivity index (χ1) is 10.7. The second-order valence-corrected chi connectivity index (χ2v) is 5.77. The van der Waals surface area contributed by atoms with Crippen LogP contribution < -0.4 is 10.2 Å². The lowest BCUT2D eigenvalue weighted by atomic mass is 10.1. The molecule has 0 radical (unpaired) electrons. The summed E-state index contributed by atoms with van der Waals surface area (Å²) in [5.41, 5.74) is 3.92. The van der Waals surface area contributed by atoms with Crippen molar-refractivity contribution in [1.29, 1.82) is 0 Å². The number of aromatic nitrogens is 2. The highest BCUT2D eigenvalue weighted by molar-refractivity contribution is 5.95. The minimum Gasteiger partial charge on any atom is -0.371 e. The zero-order valence-corrected chi connectivity index (χ0v) is 13.2. The van der Waals surface area contributed by atoms with Crippen LogP contribution in [-0.2, 0) is 13.6 Å². The molecular weight excluding hydrogens is 276 g/mol. The number of para-hydroxylation sites is 1. The Labute approximate surface area is 130 Å². The quantitative estimate of drug-likeness (QED) is 0.942. The summed E-state index contributed by atoms with van der Waals surface area (Å²) in [6.45, 7) is 4.65. The second kappa shape index (κ2) is 6.22. The Bertz CT molecular complexity index is 671. The lowest BCUT2D eigenvalue weighted by Gasteiger charge is -2.21. The molecule has 0 spiro atoms. The van der Waals surface area contributed by atoms with Gasteiger partial charge in [0, 0.05) is 38.1 Å². The first-order valence-electron chi connectivity index (χ1n) is 7.76. The monoisotopic (exact) mass is 298 g/mol. The molecule has 1 N–H and O–H groups in total. The molecule has 1 aromatic carbocycles. The number of nitrogens with one attached hydrogen (secondary N) is 1. The summed E-state index contributed by atoms with van der Waals surface area (Å²) in [6.07, 6.45) is 4.11. The standard InChI is InChI=1S/C17H22N4O/c1-13-15(12-19-20(13)2)17(22)18-11-14-7-3-4-8-16(14)21-9-5-6-10-21/h3-4,7-8,12H,5-6,9-11H2,1-2H3,(H,18,22). The van der Waals surface area contributed by atoms with Crippen LogP contribution in [0.4, 0.5) is 5.69 Å². The van der Waals surface area contributed by atoms with Crippen molar-refractivity contribution in [3.05, 3.63) is 47.3 Å². The van der Waals surface area contributed by atoms with Crippen LogP contribution in [0.5, 0.6) is 0 Å². The predicted molar refractivity (Wildman–Crippen MR) is 87.0 cm³/mol. The maximum Gasteiger partial charge on any atom is 0.255 e. The molecule has 3 rings (SSSR count). The van der Waals surface area contributed by atoms with E-state index >= 15 is 0 Å². The van der Waals surface area contributed by atoms with E-state index in [9.17, 15) is 4.79 Å². The molecule has 1 amide bonds. The van der Waals surface area contributed by atoms with Gasteiger partial charge in [-0.25, -0.2) is 0 Å². The number of benzene rings is 1. The Hall–Kier alpha value is -2.30. The first kappa shape index (κ1) is 14.6. The molecule has 1 fully saturated rings. The van der Waals surface area contributed by atoms with E-state index in [1.165, 1.54) is 24.1 Å². The van der Waals surface area contributed by atoms with E-state index in [0.29, 0.717) is 12.1 Å². The fourth-order valence-electron chi connectivity index (χ4n) is 2.92. The van der Waals surface area contributed by atoms with Crippen LogP contribution in [0.2, 0.25) is 0 Å². The van der Waals surface area contributed by atoms with Gasteiger partial charge in [-0.3, -0.25) is 9.48 Å². The molecule has 116 valence electrons. The molecule has 1 aliphatic rings. The minimum absolute atomic E-state index is 0.0678. The van der Waals surface area contributed by atoms with Crippen LogP contribution in [0.15, 0.2) is 30.5 Å². The van der Waals surface area contributed by atoms with Gasteiger partial charge in [-0.15, -0.1) is 0 Å². The minimum atomic E-state index is -0.0678. The molecule has 5 heteroatoms. The van der Waals surface area contributed by atoms with Crippen LogP contribution in [0, 0.1) is 6.92 Å². The molecule has 0 atom stereocenters. The average Bonchev–Trinajstić information content (AvgIpc) is 3.17. The normalized spacial score (nSPS) is 14.4. The van der Waals surface area contributed by atoms with Crippen molar-refractivity contribution in [1.82, 2.24) is 15.1 Å². The van der Waals surface area contributed by atoms with Crippen LogP contribution >= 0.6 is 0 Å². The smallest absolute Gasteiger partial charge is 0.255 e. The van der Waals surface area contributed by atoms with Crippen LogP contribution in [-0.4, -0.2) is 28.8 Å². The summed E-state index contributed by atoms with van der Waals surface area (Å²) < 4.78 is 1.72. The van der Waals surface area contributed by atoms with Crippen molar-refractivity contribution in [2.45, 2.75) is 26.3 Å². The summed E-state index contributed by atoms with van der Waals surface area (Å²) in [4.78, 5) is 14.7. The molecule has 1 saturated heterocycles. The van der Waals surface area contributed by atoms with Gasteiger partial charge in [-0.05, 0) is 31.4 Å². The Morgan fingerprint density at radius 2 is 2.00 bits per heavy atom. The zero-order valence-electron chi connectivity index (χ0n) is 13.2. The summed E-state index contributed by atoms with van der Waals surface area (Å²) >= 11 is 0. The van der Waals surface area contributed by atoms with Gasteiger partial charge in [0.15, 0.2) is 0 Å². The Balaban J connectivity index is 1.71. The second-order valence-electron chi connectivity index (χ2n) is 5.77. The summed E-state index contributed by atoms with van der Waals surface area (Å²) in [6, 6.07) is 8.31. The molecule has 0 unspecified atom stereocenters. The summed E-state index contributed by atoms with van der Waals surface area (Å²) in [7, 11) is 1.84. The molecule has 2 heterocycles. The van der Waals surface area contributed by atoms with Gasteiger partial charge < -0.3 is 10.2 Å². The van der Waals surface area contributed by atoms with Gasteiger partial charge in [0.1, 0.15) is 0 Å². The Kier molecular flexibility index (Phi) is 4.13. The number of aryl methyl sites for hydroxylation is 1. The van der Waals surface area contributed by atoms with Crippen molar-refractivity contribution in [3.63, 3.8) is 0 Å². The number of amides is 1. The Morgan fingerprint density at radius 3 is 2.68 bits per heavy atom. The highest BCUT2D eigenvalue weighted by atomic mass is 16.1. The molecule has 5 nitrogen and oxygen atoms in total. The van der Waals surface area contributed by atoms with E-state index in [-0.39, 0.29) is 5.91 Å². The average molecular weight is 298 g/mol. The molecule has 0 aliphatic carbocycles. The van der Waals surface area contributed by atoms with Gasteiger partial charge in [0.2, 0.25) is 0 Å². The molecule has 22 heavy (non-hydrogen) atoms. The SMILES string of the molecule is Cc1c(C(=O)NCc2ccccc2N2CCCC2)cnn1C. The highest BCUT2D eigenvalue weighted by Gasteiger charge is 2.17. The van der Waals surface area contributed by atoms with Crippen LogP contribution in [0.3, 0.4) is 0 Å². The summed E-state index contributed by atoms with van der Waals surface area (Å²) in [5, 5.41) is 7.13. The number of hydrogen-bond donors (Lipinski definition) is 1. The third kappa shape index (κ3) is 2.84. The number of anilines is 1. The molecule has 1 aromatic heterocycles. The first-order valence-corrected chi connectivity index (χ1v) is 7.76. The van der Waals surface area contributed by atoms with E-state index in [4.69, 9.17) is 0 Å². The van der Waals surface area contributed by atoms with E-state index in [2.05, 4.69) is 33.5 Å². The third-order valence-electron chi connectivity index (χ3n) is 4.36. The van der Waals surface area contributed by atoms with Crippen molar-refractivity contribution >= 4 is 11.6 Å². The van der Waals surface area contributed by atoms with Gasteiger partial charge >= 0.3 is 0 Å². The molecule has 0 bridgehead atoms. The van der Waals surface area contributed by atoms with E-state index in [1.807, 2.05) is 20.0 Å². The number of rotatable bonds is 4. The molecule has 2 aromatic rings. The number of carbonyl (C=O) groups is 1. The van der Waals surface area contributed by atoms with Crippen molar-refractivity contribution in [3.8, 4) is 0 Å². The zero-order chi connectivity index (χ0) is 15.5. The van der Waals surface area contributed by atoms with Gasteiger partial charge in [0.05, 0.1) is 11.8 Å². The summed E-state index contributed by atoms with van der Waals surface area (Å²) in [5.74, 6) is -0.0678. The van der Waals surface area contributed by atoms with Gasteiger partial charge in [-0.2, -0.15) is 5.10 Å². The van der Waals surface area contributed by atoms with E-state index in [1.54, 1.807) is 10.9 Å².